The number of alkyl halides is 3. The van der Waals surface area contributed by atoms with Gasteiger partial charge in [0.2, 0.25) is 5.91 Å². The van der Waals surface area contributed by atoms with Crippen LogP contribution in [-0.2, 0) is 17.5 Å². The second-order valence-electron chi connectivity index (χ2n) is 5.88. The molecule has 7 heteroatoms. The molecule has 2 aromatic rings. The van der Waals surface area contributed by atoms with Crippen LogP contribution in [-0.4, -0.2) is 24.4 Å². The van der Waals surface area contributed by atoms with E-state index in [1.165, 1.54) is 18.2 Å². The van der Waals surface area contributed by atoms with E-state index in [1.807, 2.05) is 0 Å². The second-order valence-corrected chi connectivity index (χ2v) is 5.88. The molecule has 0 saturated heterocycles. The molecule has 0 aliphatic rings. The van der Waals surface area contributed by atoms with E-state index >= 15 is 0 Å². The van der Waals surface area contributed by atoms with Crippen molar-refractivity contribution in [3.05, 3.63) is 65.0 Å². The molecule has 2 rings (SSSR count). The van der Waals surface area contributed by atoms with Gasteiger partial charge in [0.05, 0.1) is 12.1 Å². The zero-order valence-corrected chi connectivity index (χ0v) is 13.8. The number of aryl methyl sites for hydroxylation is 1. The highest BCUT2D eigenvalue weighted by molar-refractivity contribution is 5.92. The molecule has 1 amide bonds. The summed E-state index contributed by atoms with van der Waals surface area (Å²) in [6.45, 7) is 1.96. The van der Waals surface area contributed by atoms with Gasteiger partial charge in [-0.1, -0.05) is 18.2 Å². The Hall–Kier alpha value is -2.41. The highest BCUT2D eigenvalue weighted by Crippen LogP contribution is 2.29. The Bertz CT molecular complexity index is 742. The third-order valence-electron chi connectivity index (χ3n) is 3.60. The third-order valence-corrected chi connectivity index (χ3v) is 3.60. The van der Waals surface area contributed by atoms with Gasteiger partial charge in [-0.05, 0) is 49.4 Å². The molecule has 0 saturated carbocycles. The Balaban J connectivity index is 1.89. The van der Waals surface area contributed by atoms with Crippen molar-refractivity contribution in [2.45, 2.75) is 19.6 Å². The average molecular weight is 354 g/mol. The number of likely N-dealkylation sites (N-methyl/N-ethyl adjacent to an activating group) is 1. The van der Waals surface area contributed by atoms with Crippen LogP contribution in [0.5, 0.6) is 0 Å². The zero-order chi connectivity index (χ0) is 18.6. The lowest BCUT2D eigenvalue weighted by molar-refractivity contribution is -0.137. The normalized spacial score (nSPS) is 11.6. The van der Waals surface area contributed by atoms with Crippen molar-refractivity contribution in [3.8, 4) is 0 Å². The van der Waals surface area contributed by atoms with E-state index in [0.717, 1.165) is 12.1 Å². The number of rotatable bonds is 5. The zero-order valence-electron chi connectivity index (χ0n) is 13.8. The molecule has 0 unspecified atom stereocenters. The fourth-order valence-corrected chi connectivity index (χ4v) is 2.28. The summed E-state index contributed by atoms with van der Waals surface area (Å²) < 4.78 is 51.0. The van der Waals surface area contributed by atoms with Crippen molar-refractivity contribution < 1.29 is 22.4 Å². The number of nitrogens with one attached hydrogen (secondary N) is 1. The fraction of sp³-hybridized carbons (Fsp3) is 0.278. The molecule has 0 aliphatic heterocycles. The maximum Gasteiger partial charge on any atom is 0.416 e. The Kier molecular flexibility index (Phi) is 5.79. The molecular weight excluding hydrogens is 336 g/mol. The SMILES string of the molecule is Cc1ccc(NC(=O)CN(C)Cc2ccc(C(F)(F)F)cc2)cc1F. The van der Waals surface area contributed by atoms with Gasteiger partial charge in [-0.3, -0.25) is 9.69 Å². The number of benzene rings is 2. The van der Waals surface area contributed by atoms with Crippen molar-refractivity contribution in [2.75, 3.05) is 18.9 Å². The lowest BCUT2D eigenvalue weighted by atomic mass is 10.1. The number of hydrogen-bond donors (Lipinski definition) is 1. The van der Waals surface area contributed by atoms with Crippen LogP contribution in [0.2, 0.25) is 0 Å². The van der Waals surface area contributed by atoms with Gasteiger partial charge in [0, 0.05) is 12.2 Å². The number of anilines is 1. The Morgan fingerprint density at radius 3 is 2.32 bits per heavy atom. The summed E-state index contributed by atoms with van der Waals surface area (Å²) >= 11 is 0. The lowest BCUT2D eigenvalue weighted by Crippen LogP contribution is -2.29. The average Bonchev–Trinajstić information content (AvgIpc) is 2.50. The minimum atomic E-state index is -4.37. The van der Waals surface area contributed by atoms with E-state index in [1.54, 1.807) is 31.0 Å². The minimum Gasteiger partial charge on any atom is -0.325 e. The van der Waals surface area contributed by atoms with Crippen LogP contribution in [0.3, 0.4) is 0 Å². The van der Waals surface area contributed by atoms with Crippen LogP contribution in [0.4, 0.5) is 23.2 Å². The van der Waals surface area contributed by atoms with Gasteiger partial charge in [-0.15, -0.1) is 0 Å². The maximum absolute atomic E-state index is 13.5. The molecule has 0 bridgehead atoms. The number of nitrogens with zero attached hydrogens (tertiary/aromatic N) is 1. The molecular formula is C18H18F4N2O. The third kappa shape index (κ3) is 5.56. The minimum absolute atomic E-state index is 0.0243. The van der Waals surface area contributed by atoms with Gasteiger partial charge >= 0.3 is 6.18 Å². The number of hydrogen-bond acceptors (Lipinski definition) is 2. The van der Waals surface area contributed by atoms with Crippen LogP contribution in [0.1, 0.15) is 16.7 Å². The molecule has 0 spiro atoms. The first kappa shape index (κ1) is 18.9. The van der Waals surface area contributed by atoms with Crippen molar-refractivity contribution in [1.29, 1.82) is 0 Å². The molecule has 25 heavy (non-hydrogen) atoms. The fourth-order valence-electron chi connectivity index (χ4n) is 2.28. The van der Waals surface area contributed by atoms with Gasteiger partial charge in [0.1, 0.15) is 5.82 Å². The molecule has 1 N–H and O–H groups in total. The first-order valence-corrected chi connectivity index (χ1v) is 7.56. The van der Waals surface area contributed by atoms with Gasteiger partial charge in [-0.2, -0.15) is 13.2 Å². The summed E-state index contributed by atoms with van der Waals surface area (Å²) in [6, 6.07) is 9.20. The van der Waals surface area contributed by atoms with Gasteiger partial charge in [0.15, 0.2) is 0 Å². The summed E-state index contributed by atoms with van der Waals surface area (Å²) in [5.41, 5.74) is 0.788. The summed E-state index contributed by atoms with van der Waals surface area (Å²) in [4.78, 5) is 13.6. The predicted molar refractivity (Wildman–Crippen MR) is 87.5 cm³/mol. The van der Waals surface area contributed by atoms with Crippen LogP contribution in [0.15, 0.2) is 42.5 Å². The molecule has 0 radical (unpaired) electrons. The van der Waals surface area contributed by atoms with E-state index in [2.05, 4.69) is 5.32 Å². The number of halogens is 4. The highest BCUT2D eigenvalue weighted by atomic mass is 19.4. The molecule has 0 aliphatic carbocycles. The van der Waals surface area contributed by atoms with Crippen molar-refractivity contribution >= 4 is 11.6 Å². The molecule has 0 fully saturated rings. The lowest BCUT2D eigenvalue weighted by Gasteiger charge is -2.17. The number of carbonyl (C=O) groups is 1. The van der Waals surface area contributed by atoms with E-state index in [-0.39, 0.29) is 12.5 Å². The predicted octanol–water partition coefficient (Wildman–Crippen LogP) is 4.22. The van der Waals surface area contributed by atoms with Gasteiger partial charge in [-0.25, -0.2) is 4.39 Å². The van der Waals surface area contributed by atoms with Crippen LogP contribution in [0, 0.1) is 12.7 Å². The largest absolute Gasteiger partial charge is 0.416 e. The van der Waals surface area contributed by atoms with Crippen LogP contribution in [0.25, 0.3) is 0 Å². The Labute approximate surface area is 143 Å². The quantitative estimate of drug-likeness (QED) is 0.816. The smallest absolute Gasteiger partial charge is 0.325 e. The van der Waals surface area contributed by atoms with Gasteiger partial charge in [0.25, 0.3) is 0 Å². The second kappa shape index (κ2) is 7.65. The molecule has 0 heterocycles. The molecule has 2 aromatic carbocycles. The Morgan fingerprint density at radius 2 is 1.76 bits per heavy atom. The van der Waals surface area contributed by atoms with E-state index in [9.17, 15) is 22.4 Å². The molecule has 0 atom stereocenters. The Morgan fingerprint density at radius 1 is 1.12 bits per heavy atom. The van der Waals surface area contributed by atoms with Crippen molar-refractivity contribution in [3.63, 3.8) is 0 Å². The monoisotopic (exact) mass is 354 g/mol. The van der Waals surface area contributed by atoms with E-state index < -0.39 is 17.6 Å². The van der Waals surface area contributed by atoms with Crippen molar-refractivity contribution in [1.82, 2.24) is 4.90 Å². The molecule has 3 nitrogen and oxygen atoms in total. The topological polar surface area (TPSA) is 32.3 Å². The summed E-state index contributed by atoms with van der Waals surface area (Å²) in [6.07, 6.45) is -4.37. The number of amides is 1. The molecule has 134 valence electrons. The van der Waals surface area contributed by atoms with Gasteiger partial charge < -0.3 is 5.32 Å². The standard InChI is InChI=1S/C18H18F4N2O/c1-12-3-8-15(9-16(12)19)23-17(25)11-24(2)10-13-4-6-14(7-5-13)18(20,21)22/h3-9H,10-11H2,1-2H3,(H,23,25). The molecule has 0 aromatic heterocycles. The van der Waals surface area contributed by atoms with Crippen molar-refractivity contribution in [2.24, 2.45) is 0 Å². The van der Waals surface area contributed by atoms with Crippen LogP contribution < -0.4 is 5.32 Å². The van der Waals surface area contributed by atoms with E-state index in [0.29, 0.717) is 23.4 Å². The summed E-state index contributed by atoms with van der Waals surface area (Å²) in [5, 5.41) is 2.59. The first-order chi connectivity index (χ1) is 11.6. The highest BCUT2D eigenvalue weighted by Gasteiger charge is 2.29. The summed E-state index contributed by atoms with van der Waals surface area (Å²) in [5.74, 6) is -0.742. The van der Waals surface area contributed by atoms with Crippen LogP contribution >= 0.6 is 0 Å². The maximum atomic E-state index is 13.5. The van der Waals surface area contributed by atoms with E-state index in [4.69, 9.17) is 0 Å². The number of carbonyl (C=O) groups excluding carboxylic acids is 1. The summed E-state index contributed by atoms with van der Waals surface area (Å²) in [7, 11) is 1.67. The first-order valence-electron chi connectivity index (χ1n) is 7.56.